The Bertz CT molecular complexity index is 420. The molecule has 0 radical (unpaired) electrons. The van der Waals surface area contributed by atoms with Crippen molar-refractivity contribution in [3.63, 3.8) is 0 Å². The largest absolute Gasteiger partial charge is 0.387 e. The molecule has 0 saturated carbocycles. The van der Waals surface area contributed by atoms with E-state index in [1.165, 1.54) is 0 Å². The van der Waals surface area contributed by atoms with Gasteiger partial charge in [0.2, 0.25) is 0 Å². The minimum atomic E-state index is -0.236. The third-order valence-electron chi connectivity index (χ3n) is 3.19. The summed E-state index contributed by atoms with van der Waals surface area (Å²) >= 11 is 6.08. The van der Waals surface area contributed by atoms with Gasteiger partial charge in [0.05, 0.1) is 22.2 Å². The molecule has 4 nitrogen and oxygen atoms in total. The maximum Gasteiger partial charge on any atom is 0.0963 e. The Kier molecular flexibility index (Phi) is 4.20. The first-order chi connectivity index (χ1) is 7.75. The molecule has 0 fully saturated rings. The SMILES string of the molecule is Cc1nn(CCCC(C)(C)C(=N)N)c(C)c1Cl. The normalized spacial score (nSPS) is 11.8. The van der Waals surface area contributed by atoms with Gasteiger partial charge in [-0.3, -0.25) is 10.1 Å². The van der Waals surface area contributed by atoms with Gasteiger partial charge in [-0.2, -0.15) is 5.10 Å². The lowest BCUT2D eigenvalue weighted by atomic mass is 9.87. The average Bonchev–Trinajstić information content (AvgIpc) is 2.46. The van der Waals surface area contributed by atoms with E-state index < -0.39 is 0 Å². The summed E-state index contributed by atoms with van der Waals surface area (Å²) in [6.45, 7) is 8.67. The summed E-state index contributed by atoms with van der Waals surface area (Å²) in [6, 6.07) is 0. The van der Waals surface area contributed by atoms with Gasteiger partial charge < -0.3 is 5.73 Å². The molecule has 0 aliphatic rings. The number of nitrogens with two attached hydrogens (primary N) is 1. The van der Waals surface area contributed by atoms with Crippen molar-refractivity contribution in [2.75, 3.05) is 0 Å². The van der Waals surface area contributed by atoms with E-state index in [0.717, 1.165) is 35.8 Å². The van der Waals surface area contributed by atoms with Crippen LogP contribution in [0.3, 0.4) is 0 Å². The molecule has 0 spiro atoms. The first-order valence-electron chi connectivity index (χ1n) is 5.79. The molecule has 0 amide bonds. The van der Waals surface area contributed by atoms with Crippen LogP contribution in [0.4, 0.5) is 0 Å². The highest BCUT2D eigenvalue weighted by Gasteiger charge is 2.21. The fourth-order valence-corrected chi connectivity index (χ4v) is 1.83. The molecule has 0 unspecified atom stereocenters. The summed E-state index contributed by atoms with van der Waals surface area (Å²) in [5, 5.41) is 12.6. The Balaban J connectivity index is 2.57. The third-order valence-corrected chi connectivity index (χ3v) is 3.74. The van der Waals surface area contributed by atoms with Crippen LogP contribution >= 0.6 is 11.6 Å². The van der Waals surface area contributed by atoms with Gasteiger partial charge in [0.1, 0.15) is 0 Å². The lowest BCUT2D eigenvalue weighted by Crippen LogP contribution is -2.31. The van der Waals surface area contributed by atoms with Crippen molar-refractivity contribution >= 4 is 17.4 Å². The Labute approximate surface area is 108 Å². The summed E-state index contributed by atoms with van der Waals surface area (Å²) < 4.78 is 1.92. The van der Waals surface area contributed by atoms with E-state index >= 15 is 0 Å². The molecule has 0 atom stereocenters. The van der Waals surface area contributed by atoms with E-state index in [1.807, 2.05) is 32.4 Å². The maximum absolute atomic E-state index is 7.49. The molecule has 1 aromatic rings. The monoisotopic (exact) mass is 256 g/mol. The Morgan fingerprint density at radius 1 is 1.47 bits per heavy atom. The van der Waals surface area contributed by atoms with Gasteiger partial charge in [0.15, 0.2) is 0 Å². The number of nitrogens with zero attached hydrogens (tertiary/aromatic N) is 2. The number of rotatable bonds is 5. The summed E-state index contributed by atoms with van der Waals surface area (Å²) in [4.78, 5) is 0. The molecule has 1 heterocycles. The van der Waals surface area contributed by atoms with Crippen molar-refractivity contribution in [3.8, 4) is 0 Å². The molecule has 0 saturated heterocycles. The van der Waals surface area contributed by atoms with Crippen LogP contribution in [0.15, 0.2) is 0 Å². The van der Waals surface area contributed by atoms with Crippen LogP contribution < -0.4 is 5.73 Å². The molecule has 5 heteroatoms. The summed E-state index contributed by atoms with van der Waals surface area (Å²) in [5.41, 5.74) is 7.19. The van der Waals surface area contributed by atoms with Gasteiger partial charge in [-0.15, -0.1) is 0 Å². The fraction of sp³-hybridized carbons (Fsp3) is 0.667. The van der Waals surface area contributed by atoms with Gasteiger partial charge >= 0.3 is 0 Å². The summed E-state index contributed by atoms with van der Waals surface area (Å²) in [6.07, 6.45) is 1.81. The Morgan fingerprint density at radius 3 is 2.47 bits per heavy atom. The third kappa shape index (κ3) is 3.22. The van der Waals surface area contributed by atoms with Crippen molar-refractivity contribution in [1.29, 1.82) is 5.41 Å². The van der Waals surface area contributed by atoms with E-state index in [4.69, 9.17) is 22.7 Å². The zero-order valence-electron chi connectivity index (χ0n) is 11.0. The summed E-state index contributed by atoms with van der Waals surface area (Å²) in [7, 11) is 0. The van der Waals surface area contributed by atoms with Crippen molar-refractivity contribution in [3.05, 3.63) is 16.4 Å². The lowest BCUT2D eigenvalue weighted by Gasteiger charge is -2.22. The van der Waals surface area contributed by atoms with Crippen LogP contribution in [0.25, 0.3) is 0 Å². The van der Waals surface area contributed by atoms with E-state index in [-0.39, 0.29) is 11.3 Å². The molecule has 0 bridgehead atoms. The van der Waals surface area contributed by atoms with E-state index in [1.54, 1.807) is 0 Å². The Morgan fingerprint density at radius 2 is 2.06 bits per heavy atom. The van der Waals surface area contributed by atoms with E-state index in [2.05, 4.69) is 5.10 Å². The predicted molar refractivity (Wildman–Crippen MR) is 71.6 cm³/mol. The summed E-state index contributed by atoms with van der Waals surface area (Å²) in [5.74, 6) is 0.240. The van der Waals surface area contributed by atoms with Crippen LogP contribution in [0.5, 0.6) is 0 Å². The van der Waals surface area contributed by atoms with E-state index in [0.29, 0.717) is 0 Å². The molecule has 1 aromatic heterocycles. The number of hydrogen-bond donors (Lipinski definition) is 2. The molecular formula is C12H21ClN4. The molecule has 17 heavy (non-hydrogen) atoms. The van der Waals surface area contributed by atoms with Gasteiger partial charge in [0.25, 0.3) is 0 Å². The minimum absolute atomic E-state index is 0.236. The predicted octanol–water partition coefficient (Wildman–Crippen LogP) is 2.90. The van der Waals surface area contributed by atoms with Gasteiger partial charge in [-0.05, 0) is 26.7 Å². The van der Waals surface area contributed by atoms with Crippen molar-refractivity contribution < 1.29 is 0 Å². The second-order valence-corrected chi connectivity index (χ2v) is 5.49. The highest BCUT2D eigenvalue weighted by molar-refractivity contribution is 6.31. The first kappa shape index (κ1) is 14.0. The van der Waals surface area contributed by atoms with Gasteiger partial charge in [-0.25, -0.2) is 0 Å². The quantitative estimate of drug-likeness (QED) is 0.628. The van der Waals surface area contributed by atoms with Crippen LogP contribution in [-0.2, 0) is 6.54 Å². The highest BCUT2D eigenvalue weighted by atomic mass is 35.5. The molecule has 96 valence electrons. The molecule has 1 rings (SSSR count). The topological polar surface area (TPSA) is 67.7 Å². The van der Waals surface area contributed by atoms with Crippen LogP contribution in [0.1, 0.15) is 38.1 Å². The van der Waals surface area contributed by atoms with Crippen LogP contribution in [0, 0.1) is 24.7 Å². The molecule has 0 aliphatic carbocycles. The van der Waals surface area contributed by atoms with E-state index in [9.17, 15) is 0 Å². The standard InChI is InChI=1S/C12H21ClN4/c1-8-10(13)9(2)17(16-8)7-5-6-12(3,4)11(14)15/h5-7H2,1-4H3,(H3,14,15). The van der Waals surface area contributed by atoms with Gasteiger partial charge in [-0.1, -0.05) is 25.4 Å². The number of amidine groups is 1. The number of nitrogens with one attached hydrogen (secondary N) is 1. The zero-order valence-corrected chi connectivity index (χ0v) is 11.7. The second kappa shape index (κ2) is 5.08. The van der Waals surface area contributed by atoms with Crippen molar-refractivity contribution in [1.82, 2.24) is 9.78 Å². The van der Waals surface area contributed by atoms with Crippen LogP contribution in [0.2, 0.25) is 5.02 Å². The Hall–Kier alpha value is -1.03. The molecular weight excluding hydrogens is 236 g/mol. The smallest absolute Gasteiger partial charge is 0.0963 e. The lowest BCUT2D eigenvalue weighted by molar-refractivity contribution is 0.416. The second-order valence-electron chi connectivity index (χ2n) is 5.11. The number of aromatic nitrogens is 2. The minimum Gasteiger partial charge on any atom is -0.387 e. The number of halogens is 1. The van der Waals surface area contributed by atoms with Crippen molar-refractivity contribution in [2.45, 2.75) is 47.1 Å². The molecule has 0 aromatic carbocycles. The number of aryl methyl sites for hydroxylation is 2. The zero-order chi connectivity index (χ0) is 13.2. The maximum atomic E-state index is 7.49. The fourth-order valence-electron chi connectivity index (χ4n) is 1.70. The van der Waals surface area contributed by atoms with Crippen LogP contribution in [-0.4, -0.2) is 15.6 Å². The van der Waals surface area contributed by atoms with Gasteiger partial charge in [0, 0.05) is 12.0 Å². The van der Waals surface area contributed by atoms with Crippen molar-refractivity contribution in [2.24, 2.45) is 11.1 Å². The molecule has 3 N–H and O–H groups in total. The molecule has 0 aliphatic heterocycles. The average molecular weight is 257 g/mol. The first-order valence-corrected chi connectivity index (χ1v) is 6.17. The number of hydrogen-bond acceptors (Lipinski definition) is 2. The highest BCUT2D eigenvalue weighted by Crippen LogP contribution is 2.23.